The van der Waals surface area contributed by atoms with E-state index in [1.807, 2.05) is 68.5 Å². The minimum Gasteiger partial charge on any atom is -0.494 e. The molecule has 0 bridgehead atoms. The monoisotopic (exact) mass is 410 g/mol. The Morgan fingerprint density at radius 2 is 1.72 bits per heavy atom. The van der Waals surface area contributed by atoms with Crippen molar-refractivity contribution in [2.75, 3.05) is 19.8 Å². The molecule has 2 aromatic carbocycles. The van der Waals surface area contributed by atoms with Gasteiger partial charge in [-0.15, -0.1) is 0 Å². The Morgan fingerprint density at radius 3 is 2.41 bits per heavy atom. The summed E-state index contributed by atoms with van der Waals surface area (Å²) in [7, 11) is 0. The molecule has 1 aliphatic rings. The fraction of sp³-hybridized carbons (Fsp3) is 0.304. The predicted octanol–water partition coefficient (Wildman–Crippen LogP) is 5.50. The van der Waals surface area contributed by atoms with Crippen LogP contribution in [0.5, 0.6) is 11.5 Å². The number of thioether (sulfide) groups is 1. The van der Waals surface area contributed by atoms with Crippen LogP contribution in [0.25, 0.3) is 6.08 Å². The summed E-state index contributed by atoms with van der Waals surface area (Å²) >= 11 is 1.40. The first-order chi connectivity index (χ1) is 14.2. The normalized spacial score (nSPS) is 16.7. The molecule has 29 heavy (non-hydrogen) atoms. The van der Waals surface area contributed by atoms with E-state index in [2.05, 4.69) is 6.92 Å². The average Bonchev–Trinajstić information content (AvgIpc) is 3.00. The Labute approximate surface area is 176 Å². The van der Waals surface area contributed by atoms with Gasteiger partial charge >= 0.3 is 0 Å². The lowest BCUT2D eigenvalue weighted by molar-refractivity contribution is -0.122. The van der Waals surface area contributed by atoms with Crippen LogP contribution in [0.4, 0.5) is 5.69 Å². The Bertz CT molecular complexity index is 907. The number of benzene rings is 2. The van der Waals surface area contributed by atoms with Crippen molar-refractivity contribution in [3.8, 4) is 11.5 Å². The molecule has 0 N–H and O–H groups in total. The lowest BCUT2D eigenvalue weighted by atomic mass is 10.2. The topological polar surface area (TPSA) is 51.1 Å². The summed E-state index contributed by atoms with van der Waals surface area (Å²) in [5.41, 5.74) is 1.68. The molecular formula is C23H26N2O3S. The van der Waals surface area contributed by atoms with Gasteiger partial charge in [-0.2, -0.15) is 0 Å². The molecule has 0 aliphatic carbocycles. The number of carbonyl (C=O) groups excluding carboxylic acids is 1. The first-order valence-corrected chi connectivity index (χ1v) is 10.7. The highest BCUT2D eigenvalue weighted by molar-refractivity contribution is 8.18. The smallest absolute Gasteiger partial charge is 0.266 e. The standard InChI is InChI=1S/C23H26N2O3S/c1-4-15-25-22(26)21(16-17-9-7-8-10-20(17)28-6-3)29-23(25)24-18-11-13-19(14-12-18)27-5-2/h7-14,16H,4-6,15H2,1-3H3/b21-16-,24-23?. The lowest BCUT2D eigenvalue weighted by Crippen LogP contribution is -2.29. The summed E-state index contributed by atoms with van der Waals surface area (Å²) in [4.78, 5) is 20.1. The number of amidine groups is 1. The average molecular weight is 411 g/mol. The van der Waals surface area contributed by atoms with E-state index >= 15 is 0 Å². The van der Waals surface area contributed by atoms with Gasteiger partial charge in [0.05, 0.1) is 23.8 Å². The van der Waals surface area contributed by atoms with Gasteiger partial charge in [0.25, 0.3) is 5.91 Å². The maximum absolute atomic E-state index is 13.0. The molecule has 1 amide bonds. The molecule has 2 aromatic rings. The molecule has 1 saturated heterocycles. The SMILES string of the molecule is CCCN1C(=O)/C(=C/c2ccccc2OCC)SC1=Nc1ccc(OCC)cc1. The van der Waals surface area contributed by atoms with Crippen LogP contribution in [-0.4, -0.2) is 35.7 Å². The molecule has 0 aromatic heterocycles. The summed E-state index contributed by atoms with van der Waals surface area (Å²) in [6, 6.07) is 15.3. The minimum atomic E-state index is -0.0205. The molecule has 3 rings (SSSR count). The Morgan fingerprint density at radius 1 is 1.00 bits per heavy atom. The van der Waals surface area contributed by atoms with Crippen molar-refractivity contribution in [3.63, 3.8) is 0 Å². The van der Waals surface area contributed by atoms with E-state index in [1.165, 1.54) is 11.8 Å². The Hall–Kier alpha value is -2.73. The summed E-state index contributed by atoms with van der Waals surface area (Å²) in [5, 5.41) is 0.696. The third-order valence-corrected chi connectivity index (χ3v) is 5.22. The fourth-order valence-electron chi connectivity index (χ4n) is 2.93. The van der Waals surface area contributed by atoms with Crippen LogP contribution in [0.3, 0.4) is 0 Å². The van der Waals surface area contributed by atoms with Gasteiger partial charge in [0.1, 0.15) is 11.5 Å². The first-order valence-electron chi connectivity index (χ1n) is 9.91. The van der Waals surface area contributed by atoms with Gasteiger partial charge in [-0.1, -0.05) is 25.1 Å². The highest BCUT2D eigenvalue weighted by atomic mass is 32.2. The largest absolute Gasteiger partial charge is 0.494 e. The van der Waals surface area contributed by atoms with Crippen molar-refractivity contribution >= 4 is 34.6 Å². The third-order valence-electron chi connectivity index (χ3n) is 4.21. The van der Waals surface area contributed by atoms with Gasteiger partial charge in [-0.25, -0.2) is 4.99 Å². The number of para-hydroxylation sites is 1. The van der Waals surface area contributed by atoms with Crippen LogP contribution in [0.2, 0.25) is 0 Å². The van der Waals surface area contributed by atoms with E-state index in [0.29, 0.717) is 29.8 Å². The fourth-order valence-corrected chi connectivity index (χ4v) is 3.95. The molecule has 152 valence electrons. The molecule has 1 fully saturated rings. The maximum atomic E-state index is 13.0. The zero-order valence-electron chi connectivity index (χ0n) is 17.1. The Balaban J connectivity index is 1.90. The number of ether oxygens (including phenoxy) is 2. The number of aliphatic imine (C=N–C) groups is 1. The summed E-state index contributed by atoms with van der Waals surface area (Å²) < 4.78 is 11.2. The lowest BCUT2D eigenvalue weighted by Gasteiger charge is -2.14. The van der Waals surface area contributed by atoms with E-state index in [9.17, 15) is 4.79 Å². The van der Waals surface area contributed by atoms with E-state index in [1.54, 1.807) is 4.90 Å². The molecular weight excluding hydrogens is 384 g/mol. The third kappa shape index (κ3) is 5.21. The molecule has 0 unspecified atom stereocenters. The predicted molar refractivity (Wildman–Crippen MR) is 120 cm³/mol. The van der Waals surface area contributed by atoms with Crippen molar-refractivity contribution in [3.05, 3.63) is 59.0 Å². The van der Waals surface area contributed by atoms with Crippen molar-refractivity contribution in [2.24, 2.45) is 4.99 Å². The minimum absolute atomic E-state index is 0.0205. The van der Waals surface area contributed by atoms with Crippen LogP contribution in [-0.2, 0) is 4.79 Å². The van der Waals surface area contributed by atoms with Gasteiger partial charge < -0.3 is 9.47 Å². The van der Waals surface area contributed by atoms with Crippen molar-refractivity contribution in [2.45, 2.75) is 27.2 Å². The molecule has 5 nitrogen and oxygen atoms in total. The van der Waals surface area contributed by atoms with Crippen molar-refractivity contribution < 1.29 is 14.3 Å². The maximum Gasteiger partial charge on any atom is 0.266 e. The first kappa shape index (κ1) is 21.0. The van der Waals surface area contributed by atoms with Crippen molar-refractivity contribution in [1.29, 1.82) is 0 Å². The highest BCUT2D eigenvalue weighted by Gasteiger charge is 2.33. The number of nitrogens with zero attached hydrogens (tertiary/aromatic N) is 2. The molecule has 1 aliphatic heterocycles. The van der Waals surface area contributed by atoms with E-state index < -0.39 is 0 Å². The number of amides is 1. The quantitative estimate of drug-likeness (QED) is 0.539. The second kappa shape index (κ2) is 10.2. The molecule has 0 radical (unpaired) electrons. The van der Waals surface area contributed by atoms with E-state index in [0.717, 1.165) is 29.2 Å². The summed E-state index contributed by atoms with van der Waals surface area (Å²) in [6.07, 6.45) is 2.75. The Kier molecular flexibility index (Phi) is 7.36. The van der Waals surface area contributed by atoms with E-state index in [-0.39, 0.29) is 5.91 Å². The number of rotatable bonds is 8. The number of carbonyl (C=O) groups is 1. The molecule has 6 heteroatoms. The van der Waals surface area contributed by atoms with Gasteiger partial charge in [-0.3, -0.25) is 9.69 Å². The zero-order valence-corrected chi connectivity index (χ0v) is 17.9. The number of hydrogen-bond donors (Lipinski definition) is 0. The van der Waals surface area contributed by atoms with Crippen LogP contribution in [0.1, 0.15) is 32.8 Å². The highest BCUT2D eigenvalue weighted by Crippen LogP contribution is 2.35. The van der Waals surface area contributed by atoms with Crippen molar-refractivity contribution in [1.82, 2.24) is 4.90 Å². The van der Waals surface area contributed by atoms with Gasteiger partial charge in [0.15, 0.2) is 5.17 Å². The van der Waals surface area contributed by atoms with Crippen LogP contribution >= 0.6 is 11.8 Å². The number of hydrogen-bond acceptors (Lipinski definition) is 5. The van der Waals surface area contributed by atoms with Crippen LogP contribution < -0.4 is 9.47 Å². The second-order valence-corrected chi connectivity index (χ2v) is 7.37. The second-order valence-electron chi connectivity index (χ2n) is 6.36. The summed E-state index contributed by atoms with van der Waals surface area (Å²) in [6.45, 7) is 7.79. The summed E-state index contributed by atoms with van der Waals surface area (Å²) in [5.74, 6) is 1.56. The van der Waals surface area contributed by atoms with Gasteiger partial charge in [-0.05, 0) is 68.4 Å². The molecule has 0 spiro atoms. The van der Waals surface area contributed by atoms with E-state index in [4.69, 9.17) is 14.5 Å². The van der Waals surface area contributed by atoms with Gasteiger partial charge in [0.2, 0.25) is 0 Å². The van der Waals surface area contributed by atoms with Gasteiger partial charge in [0, 0.05) is 12.1 Å². The van der Waals surface area contributed by atoms with Crippen LogP contribution in [0, 0.1) is 0 Å². The molecule has 0 saturated carbocycles. The molecule has 1 heterocycles. The molecule has 0 atom stereocenters. The zero-order chi connectivity index (χ0) is 20.6. The van der Waals surface area contributed by atoms with Crippen LogP contribution in [0.15, 0.2) is 58.4 Å².